The van der Waals surface area contributed by atoms with Crippen molar-refractivity contribution < 1.29 is 4.79 Å². The van der Waals surface area contributed by atoms with Gasteiger partial charge in [-0.25, -0.2) is 0 Å². The van der Waals surface area contributed by atoms with Crippen molar-refractivity contribution in [2.75, 3.05) is 39.3 Å². The molecule has 3 rings (SSSR count). The molecule has 3 heterocycles. The van der Waals surface area contributed by atoms with Crippen molar-refractivity contribution in [1.29, 1.82) is 0 Å². The number of likely N-dealkylation sites (tertiary alicyclic amines) is 1. The quantitative estimate of drug-likeness (QED) is 0.894. The molecular weight excluding hydrogens is 282 g/mol. The second-order valence-corrected chi connectivity index (χ2v) is 5.77. The molecule has 1 amide bonds. The summed E-state index contributed by atoms with van der Waals surface area (Å²) in [6, 6.07) is 2.49. The van der Waals surface area contributed by atoms with Gasteiger partial charge in [0.2, 0.25) is 0 Å². The summed E-state index contributed by atoms with van der Waals surface area (Å²) in [5.41, 5.74) is 0.848. The summed E-state index contributed by atoms with van der Waals surface area (Å²) < 4.78 is 0. The van der Waals surface area contributed by atoms with Crippen molar-refractivity contribution >= 4 is 29.7 Å². The highest BCUT2D eigenvalue weighted by Gasteiger charge is 2.31. The van der Waals surface area contributed by atoms with Gasteiger partial charge in [0, 0.05) is 50.7 Å². The van der Waals surface area contributed by atoms with E-state index in [1.807, 2.05) is 21.7 Å². The first-order valence-electron chi connectivity index (χ1n) is 6.61. The molecule has 0 aliphatic carbocycles. The third kappa shape index (κ3) is 3.28. The van der Waals surface area contributed by atoms with Gasteiger partial charge in [0.05, 0.1) is 5.56 Å². The van der Waals surface area contributed by atoms with Gasteiger partial charge in [-0.15, -0.1) is 12.4 Å². The van der Waals surface area contributed by atoms with E-state index in [0.717, 1.165) is 51.3 Å². The van der Waals surface area contributed by atoms with E-state index in [1.54, 1.807) is 11.3 Å². The smallest absolute Gasteiger partial charge is 0.254 e. The number of hydrogen-bond acceptors (Lipinski definition) is 4. The normalized spacial score (nSPS) is 24.2. The number of halogens is 1. The third-order valence-corrected chi connectivity index (χ3v) is 4.57. The number of nitrogens with one attached hydrogen (secondary N) is 1. The van der Waals surface area contributed by atoms with Crippen molar-refractivity contribution in [1.82, 2.24) is 15.1 Å². The van der Waals surface area contributed by atoms with Gasteiger partial charge in [-0.05, 0) is 17.9 Å². The molecule has 0 saturated carbocycles. The monoisotopic (exact) mass is 301 g/mol. The summed E-state index contributed by atoms with van der Waals surface area (Å²) >= 11 is 1.59. The van der Waals surface area contributed by atoms with E-state index < -0.39 is 0 Å². The average Bonchev–Trinajstić information content (AvgIpc) is 3.10. The van der Waals surface area contributed by atoms with E-state index in [4.69, 9.17) is 0 Å². The van der Waals surface area contributed by atoms with E-state index in [9.17, 15) is 4.79 Å². The number of thiophene rings is 1. The van der Waals surface area contributed by atoms with Crippen LogP contribution in [0.1, 0.15) is 16.8 Å². The SMILES string of the molecule is Cl.O=C(c1ccsc1)N1CCC(N2CCNCC2)C1. The van der Waals surface area contributed by atoms with Crippen molar-refractivity contribution in [2.24, 2.45) is 0 Å². The minimum Gasteiger partial charge on any atom is -0.337 e. The van der Waals surface area contributed by atoms with E-state index in [1.165, 1.54) is 0 Å². The molecule has 19 heavy (non-hydrogen) atoms. The minimum absolute atomic E-state index is 0. The van der Waals surface area contributed by atoms with Crippen LogP contribution in [0.2, 0.25) is 0 Å². The largest absolute Gasteiger partial charge is 0.337 e. The maximum atomic E-state index is 12.2. The van der Waals surface area contributed by atoms with E-state index in [2.05, 4.69) is 10.2 Å². The van der Waals surface area contributed by atoms with Crippen LogP contribution >= 0.6 is 23.7 Å². The summed E-state index contributed by atoms with van der Waals surface area (Å²) in [6.07, 6.45) is 1.12. The Morgan fingerprint density at radius 2 is 2.11 bits per heavy atom. The average molecular weight is 302 g/mol. The molecule has 1 N–H and O–H groups in total. The molecule has 0 spiro atoms. The molecule has 1 atom stereocenters. The van der Waals surface area contributed by atoms with Crippen molar-refractivity contribution in [3.8, 4) is 0 Å². The molecular formula is C13H20ClN3OS. The Labute approximate surface area is 124 Å². The highest BCUT2D eigenvalue weighted by Crippen LogP contribution is 2.19. The molecule has 1 unspecified atom stereocenters. The highest BCUT2D eigenvalue weighted by molar-refractivity contribution is 7.08. The van der Waals surface area contributed by atoms with Crippen LogP contribution in [-0.2, 0) is 0 Å². The van der Waals surface area contributed by atoms with Crippen molar-refractivity contribution in [3.63, 3.8) is 0 Å². The van der Waals surface area contributed by atoms with Gasteiger partial charge in [-0.2, -0.15) is 11.3 Å². The van der Waals surface area contributed by atoms with E-state index >= 15 is 0 Å². The molecule has 1 aromatic rings. The topological polar surface area (TPSA) is 35.6 Å². The van der Waals surface area contributed by atoms with Gasteiger partial charge in [-0.3, -0.25) is 9.69 Å². The van der Waals surface area contributed by atoms with Gasteiger partial charge in [0.1, 0.15) is 0 Å². The number of piperazine rings is 1. The second-order valence-electron chi connectivity index (χ2n) is 4.99. The Morgan fingerprint density at radius 3 is 2.79 bits per heavy atom. The highest BCUT2D eigenvalue weighted by atomic mass is 35.5. The number of rotatable bonds is 2. The molecule has 4 nitrogen and oxygen atoms in total. The zero-order valence-electron chi connectivity index (χ0n) is 10.9. The lowest BCUT2D eigenvalue weighted by atomic mass is 10.2. The Kier molecular flexibility index (Phi) is 5.21. The Hall–Kier alpha value is -0.620. The fourth-order valence-corrected chi connectivity index (χ4v) is 3.47. The number of carbonyl (C=O) groups is 1. The Bertz CT molecular complexity index is 406. The van der Waals surface area contributed by atoms with Gasteiger partial charge in [-0.1, -0.05) is 0 Å². The van der Waals surface area contributed by atoms with E-state index in [-0.39, 0.29) is 18.3 Å². The molecule has 2 saturated heterocycles. The van der Waals surface area contributed by atoms with Crippen LogP contribution in [0, 0.1) is 0 Å². The van der Waals surface area contributed by atoms with E-state index in [0.29, 0.717) is 6.04 Å². The van der Waals surface area contributed by atoms with Crippen LogP contribution in [0.25, 0.3) is 0 Å². The fraction of sp³-hybridized carbons (Fsp3) is 0.615. The Morgan fingerprint density at radius 1 is 1.32 bits per heavy atom. The van der Waals surface area contributed by atoms with Gasteiger partial charge in [0.25, 0.3) is 5.91 Å². The predicted molar refractivity (Wildman–Crippen MR) is 80.3 cm³/mol. The minimum atomic E-state index is 0. The summed E-state index contributed by atoms with van der Waals surface area (Å²) in [4.78, 5) is 16.8. The lowest BCUT2D eigenvalue weighted by Crippen LogP contribution is -2.49. The van der Waals surface area contributed by atoms with Gasteiger partial charge < -0.3 is 10.2 Å². The fourth-order valence-electron chi connectivity index (χ4n) is 2.84. The second kappa shape index (κ2) is 6.70. The molecule has 2 aliphatic heterocycles. The van der Waals surface area contributed by atoms with Crippen LogP contribution in [0.3, 0.4) is 0 Å². The van der Waals surface area contributed by atoms with Crippen LogP contribution < -0.4 is 5.32 Å². The number of hydrogen-bond donors (Lipinski definition) is 1. The number of nitrogens with zero attached hydrogens (tertiary/aromatic N) is 2. The van der Waals surface area contributed by atoms with Crippen LogP contribution in [0.4, 0.5) is 0 Å². The maximum absolute atomic E-state index is 12.2. The first kappa shape index (κ1) is 14.8. The van der Waals surface area contributed by atoms with Crippen molar-refractivity contribution in [2.45, 2.75) is 12.5 Å². The molecule has 6 heteroatoms. The first-order chi connectivity index (χ1) is 8.84. The molecule has 106 valence electrons. The summed E-state index contributed by atoms with van der Waals surface area (Å²) in [6.45, 7) is 6.19. The lowest BCUT2D eigenvalue weighted by Gasteiger charge is -2.32. The third-order valence-electron chi connectivity index (χ3n) is 3.89. The molecule has 0 bridgehead atoms. The van der Waals surface area contributed by atoms with Gasteiger partial charge >= 0.3 is 0 Å². The maximum Gasteiger partial charge on any atom is 0.254 e. The molecule has 1 aromatic heterocycles. The first-order valence-corrected chi connectivity index (χ1v) is 7.55. The van der Waals surface area contributed by atoms with Crippen LogP contribution in [0.5, 0.6) is 0 Å². The number of amides is 1. The predicted octanol–water partition coefficient (Wildman–Crippen LogP) is 1.29. The van der Waals surface area contributed by atoms with Crippen LogP contribution in [-0.4, -0.2) is 61.0 Å². The van der Waals surface area contributed by atoms with Crippen molar-refractivity contribution in [3.05, 3.63) is 22.4 Å². The number of carbonyl (C=O) groups excluding carboxylic acids is 1. The lowest BCUT2D eigenvalue weighted by molar-refractivity contribution is 0.0774. The Balaban J connectivity index is 0.00000133. The zero-order valence-corrected chi connectivity index (χ0v) is 12.5. The molecule has 2 fully saturated rings. The zero-order chi connectivity index (χ0) is 12.4. The molecule has 0 aromatic carbocycles. The molecule has 2 aliphatic rings. The van der Waals surface area contributed by atoms with Gasteiger partial charge in [0.15, 0.2) is 0 Å². The summed E-state index contributed by atoms with van der Waals surface area (Å²) in [5, 5.41) is 7.29. The summed E-state index contributed by atoms with van der Waals surface area (Å²) in [7, 11) is 0. The standard InChI is InChI=1S/C13H19N3OS.ClH/c17-13(11-2-8-18-10-11)16-5-1-12(9-16)15-6-3-14-4-7-15;/h2,8,10,12,14H,1,3-7,9H2;1H. The molecule has 0 radical (unpaired) electrons. The summed E-state index contributed by atoms with van der Waals surface area (Å²) in [5.74, 6) is 0.203. The van der Waals surface area contributed by atoms with Crippen LogP contribution in [0.15, 0.2) is 16.8 Å².